The first-order valence-electron chi connectivity index (χ1n) is 7.24. The highest BCUT2D eigenvalue weighted by Crippen LogP contribution is 2.30. The van der Waals surface area contributed by atoms with Crippen molar-refractivity contribution in [3.63, 3.8) is 0 Å². The summed E-state index contributed by atoms with van der Waals surface area (Å²) in [5.41, 5.74) is 0. The van der Waals surface area contributed by atoms with E-state index in [4.69, 9.17) is 16.3 Å². The van der Waals surface area contributed by atoms with E-state index in [-0.39, 0.29) is 5.91 Å². The number of amides is 1. The van der Waals surface area contributed by atoms with Gasteiger partial charge in [-0.05, 0) is 38.0 Å². The normalized spacial score (nSPS) is 15.4. The molecule has 2 aromatic rings. The quantitative estimate of drug-likeness (QED) is 0.806. The van der Waals surface area contributed by atoms with Gasteiger partial charge in [-0.3, -0.25) is 4.79 Å². The second-order valence-electron chi connectivity index (χ2n) is 5.34. The summed E-state index contributed by atoms with van der Waals surface area (Å²) in [6, 6.07) is 7.43. The van der Waals surface area contributed by atoms with Gasteiger partial charge in [0.25, 0.3) is 5.91 Å². The molecule has 1 aromatic carbocycles. The molecule has 1 aromatic heterocycles. The standard InChI is InChI=1S/C16H17ClN2O2S/c1-11(21-14-4-2-3-12(17)9-14)16(20)19(13-5-6-13)10-15-18-7-8-22-15/h2-4,7-9,11,13H,5-6,10H2,1H3/t11-/m1/s1. The van der Waals surface area contributed by atoms with Crippen LogP contribution in [0.15, 0.2) is 35.8 Å². The summed E-state index contributed by atoms with van der Waals surface area (Å²) in [5, 5.41) is 3.48. The Kier molecular flexibility index (Phi) is 4.64. The van der Waals surface area contributed by atoms with E-state index >= 15 is 0 Å². The Bertz CT molecular complexity index is 643. The third kappa shape index (κ3) is 3.78. The lowest BCUT2D eigenvalue weighted by atomic mass is 10.3. The molecule has 0 radical (unpaired) electrons. The van der Waals surface area contributed by atoms with E-state index in [9.17, 15) is 4.79 Å². The van der Waals surface area contributed by atoms with Gasteiger partial charge in [-0.25, -0.2) is 4.98 Å². The molecule has 0 N–H and O–H groups in total. The molecule has 0 bridgehead atoms. The molecule has 0 spiro atoms. The van der Waals surface area contributed by atoms with Crippen molar-refractivity contribution in [1.82, 2.24) is 9.88 Å². The molecule has 1 saturated carbocycles. The topological polar surface area (TPSA) is 42.4 Å². The number of aromatic nitrogens is 1. The Morgan fingerprint density at radius 3 is 3.00 bits per heavy atom. The van der Waals surface area contributed by atoms with Crippen LogP contribution >= 0.6 is 22.9 Å². The molecule has 1 heterocycles. The average molecular weight is 337 g/mol. The summed E-state index contributed by atoms with van der Waals surface area (Å²) < 4.78 is 5.74. The minimum Gasteiger partial charge on any atom is -0.481 e. The van der Waals surface area contributed by atoms with Gasteiger partial charge >= 0.3 is 0 Å². The third-order valence-electron chi connectivity index (χ3n) is 3.52. The van der Waals surface area contributed by atoms with Crippen molar-refractivity contribution >= 4 is 28.8 Å². The van der Waals surface area contributed by atoms with Gasteiger partial charge in [-0.15, -0.1) is 11.3 Å². The molecular formula is C16H17ClN2O2S. The number of hydrogen-bond donors (Lipinski definition) is 0. The first-order valence-corrected chi connectivity index (χ1v) is 8.50. The molecule has 1 aliphatic rings. The van der Waals surface area contributed by atoms with Gasteiger partial charge in [0.05, 0.1) is 6.54 Å². The number of carbonyl (C=O) groups is 1. The molecule has 0 unspecified atom stereocenters. The Balaban J connectivity index is 1.67. The van der Waals surface area contributed by atoms with Gasteiger partial charge in [-0.2, -0.15) is 0 Å². The molecule has 1 fully saturated rings. The maximum absolute atomic E-state index is 12.7. The predicted octanol–water partition coefficient (Wildman–Crippen LogP) is 3.76. The lowest BCUT2D eigenvalue weighted by Crippen LogP contribution is -2.41. The SMILES string of the molecule is C[C@@H](Oc1cccc(Cl)c1)C(=O)N(Cc1nccs1)C1CC1. The molecule has 1 aliphatic carbocycles. The smallest absolute Gasteiger partial charge is 0.263 e. The van der Waals surface area contributed by atoms with Gasteiger partial charge in [0.2, 0.25) is 0 Å². The van der Waals surface area contributed by atoms with Crippen LogP contribution in [0.1, 0.15) is 24.8 Å². The minimum atomic E-state index is -0.543. The molecule has 0 aliphatic heterocycles. The first-order chi connectivity index (χ1) is 10.6. The summed E-state index contributed by atoms with van der Waals surface area (Å²) >= 11 is 7.51. The lowest BCUT2D eigenvalue weighted by molar-refractivity contribution is -0.139. The van der Waals surface area contributed by atoms with Gasteiger partial charge in [0.15, 0.2) is 6.10 Å². The largest absolute Gasteiger partial charge is 0.481 e. The number of benzene rings is 1. The number of nitrogens with zero attached hydrogens (tertiary/aromatic N) is 2. The number of thiazole rings is 1. The predicted molar refractivity (Wildman–Crippen MR) is 87.2 cm³/mol. The molecule has 116 valence electrons. The number of ether oxygens (including phenoxy) is 1. The molecule has 0 saturated heterocycles. The zero-order valence-electron chi connectivity index (χ0n) is 12.2. The average Bonchev–Trinajstić information content (AvgIpc) is 3.20. The highest BCUT2D eigenvalue weighted by Gasteiger charge is 2.35. The monoisotopic (exact) mass is 336 g/mol. The molecule has 1 amide bonds. The van der Waals surface area contributed by atoms with E-state index in [2.05, 4.69) is 4.98 Å². The summed E-state index contributed by atoms with van der Waals surface area (Å²) in [6.45, 7) is 2.34. The highest BCUT2D eigenvalue weighted by atomic mass is 35.5. The Hall–Kier alpha value is -1.59. The van der Waals surface area contributed by atoms with Crippen LogP contribution in [0.3, 0.4) is 0 Å². The fourth-order valence-corrected chi connectivity index (χ4v) is 3.07. The maximum Gasteiger partial charge on any atom is 0.263 e. The molecular weight excluding hydrogens is 320 g/mol. The van der Waals surface area contributed by atoms with Gasteiger partial charge < -0.3 is 9.64 Å². The summed E-state index contributed by atoms with van der Waals surface area (Å²) in [4.78, 5) is 18.8. The van der Waals surface area contributed by atoms with Crippen molar-refractivity contribution in [3.8, 4) is 5.75 Å². The second-order valence-corrected chi connectivity index (χ2v) is 6.76. The van der Waals surface area contributed by atoms with Crippen molar-refractivity contribution in [2.75, 3.05) is 0 Å². The van der Waals surface area contributed by atoms with Gasteiger partial charge in [0.1, 0.15) is 10.8 Å². The molecule has 4 nitrogen and oxygen atoms in total. The van der Waals surface area contributed by atoms with E-state index in [1.807, 2.05) is 16.3 Å². The zero-order valence-corrected chi connectivity index (χ0v) is 13.8. The van der Waals surface area contributed by atoms with Crippen LogP contribution < -0.4 is 4.74 Å². The number of rotatable bonds is 6. The third-order valence-corrected chi connectivity index (χ3v) is 4.52. The number of carbonyl (C=O) groups excluding carboxylic acids is 1. The molecule has 6 heteroatoms. The van der Waals surface area contributed by atoms with Crippen molar-refractivity contribution < 1.29 is 9.53 Å². The Morgan fingerprint density at radius 1 is 1.55 bits per heavy atom. The molecule has 3 rings (SSSR count). The van der Waals surface area contributed by atoms with Crippen LogP contribution in [-0.4, -0.2) is 27.9 Å². The fraction of sp³-hybridized carbons (Fsp3) is 0.375. The maximum atomic E-state index is 12.7. The van der Waals surface area contributed by atoms with Crippen LogP contribution in [-0.2, 0) is 11.3 Å². The van der Waals surface area contributed by atoms with E-state index in [1.165, 1.54) is 0 Å². The van der Waals surface area contributed by atoms with E-state index < -0.39 is 6.10 Å². The van der Waals surface area contributed by atoms with Gasteiger partial charge in [-0.1, -0.05) is 17.7 Å². The van der Waals surface area contributed by atoms with Crippen molar-refractivity contribution in [1.29, 1.82) is 0 Å². The second kappa shape index (κ2) is 6.67. The lowest BCUT2D eigenvalue weighted by Gasteiger charge is -2.25. The number of hydrogen-bond acceptors (Lipinski definition) is 4. The van der Waals surface area contributed by atoms with Crippen molar-refractivity contribution in [3.05, 3.63) is 45.9 Å². The van der Waals surface area contributed by atoms with Crippen LogP contribution in [0, 0.1) is 0 Å². The molecule has 22 heavy (non-hydrogen) atoms. The first kappa shape index (κ1) is 15.3. The summed E-state index contributed by atoms with van der Waals surface area (Å²) in [6.07, 6.45) is 3.34. The number of halogens is 1. The zero-order chi connectivity index (χ0) is 15.5. The van der Waals surface area contributed by atoms with Crippen LogP contribution in [0.2, 0.25) is 5.02 Å². The summed E-state index contributed by atoms with van der Waals surface area (Å²) in [7, 11) is 0. The highest BCUT2D eigenvalue weighted by molar-refractivity contribution is 7.09. The van der Waals surface area contributed by atoms with Crippen LogP contribution in [0.4, 0.5) is 0 Å². The van der Waals surface area contributed by atoms with E-state index in [0.29, 0.717) is 23.4 Å². The van der Waals surface area contributed by atoms with Crippen molar-refractivity contribution in [2.45, 2.75) is 38.5 Å². The van der Waals surface area contributed by atoms with E-state index in [1.54, 1.807) is 42.7 Å². The Labute approximate surface area is 138 Å². The van der Waals surface area contributed by atoms with E-state index in [0.717, 1.165) is 17.8 Å². The Morgan fingerprint density at radius 2 is 2.36 bits per heavy atom. The summed E-state index contributed by atoms with van der Waals surface area (Å²) in [5.74, 6) is 0.607. The van der Waals surface area contributed by atoms with Gasteiger partial charge in [0, 0.05) is 22.6 Å². The molecule has 1 atom stereocenters. The van der Waals surface area contributed by atoms with Crippen molar-refractivity contribution in [2.24, 2.45) is 0 Å². The van der Waals surface area contributed by atoms with Crippen LogP contribution in [0.25, 0.3) is 0 Å². The minimum absolute atomic E-state index is 0.00215. The van der Waals surface area contributed by atoms with Crippen LogP contribution in [0.5, 0.6) is 5.75 Å². The fourth-order valence-electron chi connectivity index (χ4n) is 2.28.